The zero-order valence-electron chi connectivity index (χ0n) is 15.6. The summed E-state index contributed by atoms with van der Waals surface area (Å²) in [4.78, 5) is 0. The van der Waals surface area contributed by atoms with Gasteiger partial charge in [-0.25, -0.2) is 0 Å². The second-order valence-electron chi connectivity index (χ2n) is 8.49. The van der Waals surface area contributed by atoms with Crippen molar-refractivity contribution in [3.63, 3.8) is 0 Å². The highest BCUT2D eigenvalue weighted by atomic mass is 16.5. The van der Waals surface area contributed by atoms with E-state index in [4.69, 9.17) is 4.74 Å². The molecule has 0 aliphatic heterocycles. The highest BCUT2D eigenvalue weighted by molar-refractivity contribution is 5.41. The minimum atomic E-state index is 0.500. The molecule has 3 aliphatic carbocycles. The molecule has 0 radical (unpaired) electrons. The van der Waals surface area contributed by atoms with Crippen molar-refractivity contribution in [1.82, 2.24) is 0 Å². The number of aryl methyl sites for hydroxylation is 1. The largest absolute Gasteiger partial charge is 0.497 e. The number of ether oxygens (including phenoxy) is 1. The number of fused-ring (bicyclic) bond motifs is 5. The Kier molecular flexibility index (Phi) is 4.22. The summed E-state index contributed by atoms with van der Waals surface area (Å²) >= 11 is 0. The maximum absolute atomic E-state index is 5.45. The van der Waals surface area contributed by atoms with Crippen molar-refractivity contribution in [3.8, 4) is 5.75 Å². The van der Waals surface area contributed by atoms with Crippen LogP contribution in [0.25, 0.3) is 0 Å². The van der Waals surface area contributed by atoms with Crippen LogP contribution in [0.1, 0.15) is 75.8 Å². The molecule has 1 aromatic carbocycles. The Morgan fingerprint density at radius 2 is 2.08 bits per heavy atom. The highest BCUT2D eigenvalue weighted by Crippen LogP contribution is 2.62. The van der Waals surface area contributed by atoms with E-state index in [-0.39, 0.29) is 0 Å². The quantitative estimate of drug-likeness (QED) is 0.595. The number of benzene rings is 1. The van der Waals surface area contributed by atoms with Gasteiger partial charge in [-0.05, 0) is 91.4 Å². The fraction of sp³-hybridized carbons (Fsp3) is 0.652. The molecule has 0 spiro atoms. The van der Waals surface area contributed by atoms with Gasteiger partial charge in [0.1, 0.15) is 5.75 Å². The van der Waals surface area contributed by atoms with Crippen LogP contribution in [0.2, 0.25) is 0 Å². The Morgan fingerprint density at radius 3 is 2.88 bits per heavy atom. The van der Waals surface area contributed by atoms with Gasteiger partial charge in [-0.3, -0.25) is 0 Å². The number of hydrogen-bond acceptors (Lipinski definition) is 1. The zero-order chi connectivity index (χ0) is 16.7. The first-order chi connectivity index (χ1) is 11.7. The van der Waals surface area contributed by atoms with E-state index in [0.29, 0.717) is 5.41 Å². The number of methoxy groups -OCH3 is 1. The minimum Gasteiger partial charge on any atom is -0.497 e. The third-order valence-corrected chi connectivity index (χ3v) is 7.46. The van der Waals surface area contributed by atoms with Gasteiger partial charge in [0, 0.05) is 0 Å². The predicted octanol–water partition coefficient (Wildman–Crippen LogP) is 6.28. The summed E-state index contributed by atoms with van der Waals surface area (Å²) in [7, 11) is 1.78. The van der Waals surface area contributed by atoms with Crippen molar-refractivity contribution in [2.45, 2.75) is 71.1 Å². The molecule has 4 atom stereocenters. The van der Waals surface area contributed by atoms with Crippen molar-refractivity contribution >= 4 is 0 Å². The summed E-state index contributed by atoms with van der Waals surface area (Å²) in [5, 5.41) is 0. The average molecular weight is 325 g/mol. The van der Waals surface area contributed by atoms with Crippen LogP contribution in [0, 0.1) is 17.3 Å². The van der Waals surface area contributed by atoms with Gasteiger partial charge in [0.15, 0.2) is 0 Å². The molecule has 1 aromatic rings. The molecule has 0 saturated heterocycles. The monoisotopic (exact) mass is 324 g/mol. The second kappa shape index (κ2) is 6.24. The minimum absolute atomic E-state index is 0.500. The van der Waals surface area contributed by atoms with Crippen LogP contribution in [-0.2, 0) is 6.42 Å². The molecular weight excluding hydrogens is 292 g/mol. The molecule has 130 valence electrons. The lowest BCUT2D eigenvalue weighted by Gasteiger charge is -2.49. The zero-order valence-corrected chi connectivity index (χ0v) is 15.6. The van der Waals surface area contributed by atoms with E-state index in [1.807, 2.05) is 0 Å². The maximum Gasteiger partial charge on any atom is 0.119 e. The van der Waals surface area contributed by atoms with Crippen LogP contribution in [-0.4, -0.2) is 7.11 Å². The van der Waals surface area contributed by atoms with Crippen LogP contribution >= 0.6 is 0 Å². The summed E-state index contributed by atoms with van der Waals surface area (Å²) in [5.74, 6) is 3.63. The molecule has 0 amide bonds. The number of unbranched alkanes of at least 4 members (excludes halogenated alkanes) is 1. The highest BCUT2D eigenvalue weighted by Gasteiger charge is 2.52. The average Bonchev–Trinajstić information content (AvgIpc) is 2.95. The molecule has 0 N–H and O–H groups in total. The lowest BCUT2D eigenvalue weighted by Crippen LogP contribution is -2.40. The predicted molar refractivity (Wildman–Crippen MR) is 101 cm³/mol. The lowest BCUT2D eigenvalue weighted by atomic mass is 9.55. The standard InChI is InChI=1S/C23H32O/c1-4-5-6-17-8-12-22-21-10-7-16-15-18(24-3)9-11-19(16)20(21)13-14-23(17,22)2/h6,9,11,15,20-22H,4-5,7-8,10,12-14H2,1-3H3/b17-6-. The first kappa shape index (κ1) is 16.2. The van der Waals surface area contributed by atoms with Crippen molar-refractivity contribution in [2.75, 3.05) is 7.11 Å². The van der Waals surface area contributed by atoms with E-state index in [9.17, 15) is 0 Å². The van der Waals surface area contributed by atoms with Gasteiger partial charge >= 0.3 is 0 Å². The molecule has 0 aromatic heterocycles. The normalized spacial score (nSPS) is 36.1. The fourth-order valence-electron chi connectivity index (χ4n) is 6.19. The van der Waals surface area contributed by atoms with E-state index in [1.54, 1.807) is 23.8 Å². The first-order valence-electron chi connectivity index (χ1n) is 10.0. The maximum atomic E-state index is 5.45. The van der Waals surface area contributed by atoms with Crippen LogP contribution in [0.4, 0.5) is 0 Å². The van der Waals surface area contributed by atoms with E-state index < -0.39 is 0 Å². The number of allylic oxidation sites excluding steroid dienone is 2. The summed E-state index contributed by atoms with van der Waals surface area (Å²) in [6.45, 7) is 4.89. The molecule has 2 saturated carbocycles. The Morgan fingerprint density at radius 1 is 1.21 bits per heavy atom. The Bertz CT molecular complexity index is 643. The lowest BCUT2D eigenvalue weighted by molar-refractivity contribution is 0.0812. The molecule has 0 bridgehead atoms. The third-order valence-electron chi connectivity index (χ3n) is 7.46. The summed E-state index contributed by atoms with van der Waals surface area (Å²) < 4.78 is 5.45. The smallest absolute Gasteiger partial charge is 0.119 e. The summed E-state index contributed by atoms with van der Waals surface area (Å²) in [5.41, 5.74) is 5.49. The molecule has 1 nitrogen and oxygen atoms in total. The number of hydrogen-bond donors (Lipinski definition) is 0. The van der Waals surface area contributed by atoms with Gasteiger partial charge < -0.3 is 4.74 Å². The second-order valence-corrected chi connectivity index (χ2v) is 8.49. The van der Waals surface area contributed by atoms with Crippen LogP contribution < -0.4 is 4.74 Å². The van der Waals surface area contributed by atoms with Gasteiger partial charge in [-0.1, -0.05) is 38.0 Å². The van der Waals surface area contributed by atoms with E-state index in [1.165, 1.54) is 51.4 Å². The van der Waals surface area contributed by atoms with Gasteiger partial charge in [-0.15, -0.1) is 0 Å². The van der Waals surface area contributed by atoms with Crippen LogP contribution in [0.3, 0.4) is 0 Å². The summed E-state index contributed by atoms with van der Waals surface area (Å²) in [6, 6.07) is 6.84. The van der Waals surface area contributed by atoms with Crippen LogP contribution in [0.15, 0.2) is 29.8 Å². The van der Waals surface area contributed by atoms with Crippen molar-refractivity contribution in [2.24, 2.45) is 17.3 Å². The Labute approximate surface area is 147 Å². The van der Waals surface area contributed by atoms with Crippen molar-refractivity contribution in [1.29, 1.82) is 0 Å². The SMILES string of the molecule is CCC/C=C1/CCC2C3CCc4cc(OC)ccc4C3CCC12C. The van der Waals surface area contributed by atoms with Gasteiger partial charge in [-0.2, -0.15) is 0 Å². The molecule has 1 heteroatoms. The van der Waals surface area contributed by atoms with Crippen LogP contribution in [0.5, 0.6) is 5.75 Å². The van der Waals surface area contributed by atoms with Gasteiger partial charge in [0.05, 0.1) is 7.11 Å². The van der Waals surface area contributed by atoms with Gasteiger partial charge in [0.2, 0.25) is 0 Å². The van der Waals surface area contributed by atoms with Crippen molar-refractivity contribution in [3.05, 3.63) is 41.0 Å². The Hall–Kier alpha value is -1.24. The molecule has 3 aliphatic rings. The molecular formula is C23H32O. The number of rotatable bonds is 3. The topological polar surface area (TPSA) is 9.23 Å². The van der Waals surface area contributed by atoms with Crippen molar-refractivity contribution < 1.29 is 4.74 Å². The Balaban J connectivity index is 1.63. The molecule has 4 unspecified atom stereocenters. The third kappa shape index (κ3) is 2.43. The van der Waals surface area contributed by atoms with Gasteiger partial charge in [0.25, 0.3) is 0 Å². The molecule has 2 fully saturated rings. The van der Waals surface area contributed by atoms with E-state index in [2.05, 4.69) is 38.1 Å². The molecule has 0 heterocycles. The van der Waals surface area contributed by atoms with E-state index in [0.717, 1.165) is 23.5 Å². The molecule has 24 heavy (non-hydrogen) atoms. The first-order valence-corrected chi connectivity index (χ1v) is 10.0. The fourth-order valence-corrected chi connectivity index (χ4v) is 6.19. The van der Waals surface area contributed by atoms with E-state index >= 15 is 0 Å². The molecule has 4 rings (SSSR count). The summed E-state index contributed by atoms with van der Waals surface area (Å²) in [6.07, 6.45) is 13.3.